The summed E-state index contributed by atoms with van der Waals surface area (Å²) in [6.45, 7) is 5.39. The predicted molar refractivity (Wildman–Crippen MR) is 106 cm³/mol. The average molecular weight is 401 g/mol. The summed E-state index contributed by atoms with van der Waals surface area (Å²) in [5, 5.41) is 5.91. The Kier molecular flexibility index (Phi) is 14.3. The standard InChI is InChI=1S/C15H25N5O.3ClH/c1-16-5-4-15(21)18-12-13-3-6-17-14(11-13)20-9-7-19(2)8-10-20;;;/h3,6,11,16H,4-5,7-10,12H2,1-2H3,(H,18,21);3*1H. The molecule has 0 spiro atoms. The maximum atomic E-state index is 11.6. The van der Waals surface area contributed by atoms with E-state index in [-0.39, 0.29) is 43.1 Å². The molecule has 24 heavy (non-hydrogen) atoms. The van der Waals surface area contributed by atoms with Crippen molar-refractivity contribution in [3.8, 4) is 0 Å². The first-order chi connectivity index (χ1) is 10.2. The van der Waals surface area contributed by atoms with Gasteiger partial charge >= 0.3 is 0 Å². The van der Waals surface area contributed by atoms with Crippen LogP contribution in [0.3, 0.4) is 0 Å². The molecule has 0 bridgehead atoms. The number of aromatic nitrogens is 1. The van der Waals surface area contributed by atoms with Gasteiger partial charge in [0.1, 0.15) is 5.82 Å². The van der Waals surface area contributed by atoms with Crippen molar-refractivity contribution in [1.82, 2.24) is 20.5 Å². The Hall–Kier alpha value is -0.790. The van der Waals surface area contributed by atoms with Gasteiger partial charge in [-0.15, -0.1) is 37.2 Å². The van der Waals surface area contributed by atoms with Gasteiger partial charge in [-0.1, -0.05) is 0 Å². The third-order valence-corrected chi connectivity index (χ3v) is 3.73. The largest absolute Gasteiger partial charge is 0.354 e. The molecule has 1 aliphatic heterocycles. The second kappa shape index (κ2) is 13.5. The molecular formula is C15H28Cl3N5O. The average Bonchev–Trinajstić information content (AvgIpc) is 2.52. The molecule has 0 saturated carbocycles. The van der Waals surface area contributed by atoms with Gasteiger partial charge in [-0.3, -0.25) is 4.79 Å². The fourth-order valence-corrected chi connectivity index (χ4v) is 2.31. The third-order valence-electron chi connectivity index (χ3n) is 3.73. The number of rotatable bonds is 6. The Morgan fingerprint density at radius 3 is 2.50 bits per heavy atom. The number of carbonyl (C=O) groups is 1. The number of pyridine rings is 1. The Labute approximate surface area is 163 Å². The van der Waals surface area contributed by atoms with Gasteiger partial charge in [0.2, 0.25) is 5.91 Å². The number of carbonyl (C=O) groups excluding carboxylic acids is 1. The van der Waals surface area contributed by atoms with Crippen LogP contribution in [0.2, 0.25) is 0 Å². The number of likely N-dealkylation sites (N-methyl/N-ethyl adjacent to an activating group) is 1. The fraction of sp³-hybridized carbons (Fsp3) is 0.600. The van der Waals surface area contributed by atoms with Gasteiger partial charge in [0, 0.05) is 51.9 Å². The lowest BCUT2D eigenvalue weighted by Gasteiger charge is -2.33. The Morgan fingerprint density at radius 2 is 1.88 bits per heavy atom. The molecule has 2 N–H and O–H groups in total. The molecule has 1 saturated heterocycles. The maximum absolute atomic E-state index is 11.6. The molecule has 0 radical (unpaired) electrons. The minimum absolute atomic E-state index is 0. The van der Waals surface area contributed by atoms with Crippen LogP contribution in [0.1, 0.15) is 12.0 Å². The zero-order valence-corrected chi connectivity index (χ0v) is 16.6. The summed E-state index contributed by atoms with van der Waals surface area (Å²) in [6.07, 6.45) is 2.33. The topological polar surface area (TPSA) is 60.5 Å². The Balaban J connectivity index is 0. The Morgan fingerprint density at radius 1 is 1.21 bits per heavy atom. The second-order valence-corrected chi connectivity index (χ2v) is 5.44. The molecule has 0 unspecified atom stereocenters. The van der Waals surface area contributed by atoms with Crippen LogP contribution in [0.4, 0.5) is 5.82 Å². The van der Waals surface area contributed by atoms with E-state index in [0.717, 1.165) is 37.6 Å². The van der Waals surface area contributed by atoms with Crippen molar-refractivity contribution in [3.05, 3.63) is 23.9 Å². The van der Waals surface area contributed by atoms with E-state index in [1.165, 1.54) is 0 Å². The first-order valence-corrected chi connectivity index (χ1v) is 7.49. The van der Waals surface area contributed by atoms with Crippen LogP contribution in [0, 0.1) is 0 Å². The van der Waals surface area contributed by atoms with E-state index in [9.17, 15) is 4.79 Å². The van der Waals surface area contributed by atoms with Gasteiger partial charge < -0.3 is 20.4 Å². The van der Waals surface area contributed by atoms with Crippen LogP contribution >= 0.6 is 37.2 Å². The van der Waals surface area contributed by atoms with Crippen molar-refractivity contribution in [1.29, 1.82) is 0 Å². The highest BCUT2D eigenvalue weighted by molar-refractivity contribution is 5.86. The van der Waals surface area contributed by atoms with Gasteiger partial charge in [0.05, 0.1) is 0 Å². The SMILES string of the molecule is CNCCC(=O)NCc1ccnc(N2CCN(C)CC2)c1.Cl.Cl.Cl. The molecule has 6 nitrogen and oxygen atoms in total. The predicted octanol–water partition coefficient (Wildman–Crippen LogP) is 1.32. The second-order valence-electron chi connectivity index (χ2n) is 5.44. The smallest absolute Gasteiger partial charge is 0.221 e. The zero-order valence-electron chi connectivity index (χ0n) is 14.2. The molecule has 1 aliphatic rings. The fourth-order valence-electron chi connectivity index (χ4n) is 2.31. The summed E-state index contributed by atoms with van der Waals surface area (Å²) >= 11 is 0. The summed E-state index contributed by atoms with van der Waals surface area (Å²) in [5.74, 6) is 1.08. The minimum atomic E-state index is 0. The van der Waals surface area contributed by atoms with Crippen molar-refractivity contribution in [2.45, 2.75) is 13.0 Å². The summed E-state index contributed by atoms with van der Waals surface area (Å²) in [5.41, 5.74) is 1.09. The highest BCUT2D eigenvalue weighted by Gasteiger charge is 2.15. The molecule has 0 atom stereocenters. The van der Waals surface area contributed by atoms with Crippen molar-refractivity contribution in [3.63, 3.8) is 0 Å². The lowest BCUT2D eigenvalue weighted by Crippen LogP contribution is -2.44. The van der Waals surface area contributed by atoms with E-state index in [1.807, 2.05) is 19.3 Å². The van der Waals surface area contributed by atoms with Gasteiger partial charge in [-0.2, -0.15) is 0 Å². The van der Waals surface area contributed by atoms with Gasteiger partial charge in [0.15, 0.2) is 0 Å². The van der Waals surface area contributed by atoms with Crippen molar-refractivity contribution in [2.75, 3.05) is 51.7 Å². The van der Waals surface area contributed by atoms with Gasteiger partial charge in [-0.05, 0) is 31.8 Å². The highest BCUT2D eigenvalue weighted by Crippen LogP contribution is 2.14. The number of anilines is 1. The van der Waals surface area contributed by atoms with E-state index in [2.05, 4.69) is 38.5 Å². The molecule has 0 aliphatic carbocycles. The molecule has 9 heteroatoms. The molecule has 140 valence electrons. The maximum Gasteiger partial charge on any atom is 0.221 e. The number of halogens is 3. The van der Waals surface area contributed by atoms with Gasteiger partial charge in [-0.25, -0.2) is 4.98 Å². The molecule has 0 aromatic carbocycles. The third kappa shape index (κ3) is 8.35. The number of nitrogens with zero attached hydrogens (tertiary/aromatic N) is 3. The molecule has 2 heterocycles. The van der Waals surface area contributed by atoms with E-state index >= 15 is 0 Å². The zero-order chi connectivity index (χ0) is 15.1. The summed E-state index contributed by atoms with van der Waals surface area (Å²) in [6, 6.07) is 4.03. The van der Waals surface area contributed by atoms with E-state index in [4.69, 9.17) is 0 Å². The monoisotopic (exact) mass is 399 g/mol. The Bertz CT molecular complexity index is 470. The van der Waals surface area contributed by atoms with Crippen molar-refractivity contribution >= 4 is 48.9 Å². The van der Waals surface area contributed by atoms with Crippen molar-refractivity contribution < 1.29 is 4.79 Å². The normalized spacial score (nSPS) is 14.0. The van der Waals surface area contributed by atoms with Crippen LogP contribution in [0.5, 0.6) is 0 Å². The number of piperazine rings is 1. The minimum Gasteiger partial charge on any atom is -0.354 e. The number of hydrogen-bond acceptors (Lipinski definition) is 5. The van der Waals surface area contributed by atoms with Crippen LogP contribution in [-0.2, 0) is 11.3 Å². The lowest BCUT2D eigenvalue weighted by molar-refractivity contribution is -0.121. The highest BCUT2D eigenvalue weighted by atomic mass is 35.5. The van der Waals surface area contributed by atoms with E-state index < -0.39 is 0 Å². The number of nitrogens with one attached hydrogen (secondary N) is 2. The molecule has 2 rings (SSSR count). The molecule has 1 aromatic heterocycles. The van der Waals surface area contributed by atoms with Gasteiger partial charge in [0.25, 0.3) is 0 Å². The number of hydrogen-bond donors (Lipinski definition) is 2. The molecular weight excluding hydrogens is 373 g/mol. The van der Waals surface area contributed by atoms with E-state index in [1.54, 1.807) is 0 Å². The molecule has 1 amide bonds. The van der Waals surface area contributed by atoms with Crippen molar-refractivity contribution in [2.24, 2.45) is 0 Å². The summed E-state index contributed by atoms with van der Waals surface area (Å²) < 4.78 is 0. The summed E-state index contributed by atoms with van der Waals surface area (Å²) in [4.78, 5) is 20.7. The lowest BCUT2D eigenvalue weighted by atomic mass is 10.2. The molecule has 1 aromatic rings. The quantitative estimate of drug-likeness (QED) is 0.754. The van der Waals surface area contributed by atoms with Crippen LogP contribution in [-0.4, -0.2) is 62.6 Å². The summed E-state index contributed by atoms with van der Waals surface area (Å²) in [7, 11) is 3.99. The molecule has 1 fully saturated rings. The van der Waals surface area contributed by atoms with Crippen LogP contribution in [0.15, 0.2) is 18.3 Å². The van der Waals surface area contributed by atoms with Crippen LogP contribution < -0.4 is 15.5 Å². The van der Waals surface area contributed by atoms with Crippen LogP contribution in [0.25, 0.3) is 0 Å². The van der Waals surface area contributed by atoms with E-state index in [0.29, 0.717) is 19.5 Å². The number of amides is 1. The first kappa shape index (κ1) is 25.5. The first-order valence-electron chi connectivity index (χ1n) is 7.49.